The average molecular weight is 201 g/mol. The van der Waals surface area contributed by atoms with E-state index in [2.05, 4.69) is 24.9 Å². The molecular weight excluding hydrogens is 182 g/mol. The minimum absolute atomic E-state index is 0.161. The van der Waals surface area contributed by atoms with Crippen LogP contribution >= 0.6 is 12.6 Å². The van der Waals surface area contributed by atoms with Crippen LogP contribution in [-0.4, -0.2) is 17.7 Å². The van der Waals surface area contributed by atoms with Crippen molar-refractivity contribution in [3.63, 3.8) is 0 Å². The zero-order valence-electron chi connectivity index (χ0n) is 8.25. The molecule has 3 heteroatoms. The van der Waals surface area contributed by atoms with E-state index in [-0.39, 0.29) is 5.91 Å². The fourth-order valence-corrected chi connectivity index (χ4v) is 2.11. The lowest BCUT2D eigenvalue weighted by molar-refractivity contribution is -0.121. The first-order valence-corrected chi connectivity index (χ1v) is 5.77. The van der Waals surface area contributed by atoms with Crippen molar-refractivity contribution in [2.24, 2.45) is 5.92 Å². The molecule has 1 aliphatic carbocycles. The Hall–Kier alpha value is -0.180. The second-order valence-electron chi connectivity index (χ2n) is 3.91. The number of rotatable bonds is 3. The highest BCUT2D eigenvalue weighted by Crippen LogP contribution is 2.23. The Morgan fingerprint density at radius 1 is 1.46 bits per heavy atom. The first-order valence-electron chi connectivity index (χ1n) is 5.14. The number of hydrogen-bond donors (Lipinski definition) is 2. The second-order valence-corrected chi connectivity index (χ2v) is 4.36. The zero-order valence-corrected chi connectivity index (χ0v) is 9.15. The van der Waals surface area contributed by atoms with Crippen molar-refractivity contribution in [1.82, 2.24) is 5.32 Å². The average Bonchev–Trinajstić information content (AvgIpc) is 2.09. The van der Waals surface area contributed by atoms with Gasteiger partial charge in [0.05, 0.1) is 0 Å². The number of carbonyl (C=O) groups excluding carboxylic acids is 1. The van der Waals surface area contributed by atoms with E-state index in [9.17, 15) is 4.79 Å². The third kappa shape index (κ3) is 3.59. The summed E-state index contributed by atoms with van der Waals surface area (Å²) in [5.41, 5.74) is 0. The smallest absolute Gasteiger partial charge is 0.221 e. The summed E-state index contributed by atoms with van der Waals surface area (Å²) in [5.74, 6) is 1.46. The predicted octanol–water partition coefficient (Wildman–Crippen LogP) is 2.00. The van der Waals surface area contributed by atoms with E-state index >= 15 is 0 Å². The van der Waals surface area contributed by atoms with Crippen LogP contribution in [0.2, 0.25) is 0 Å². The molecule has 2 nitrogen and oxygen atoms in total. The number of amides is 1. The molecule has 76 valence electrons. The molecule has 13 heavy (non-hydrogen) atoms. The molecule has 0 aliphatic heterocycles. The Labute approximate surface area is 85.9 Å². The minimum atomic E-state index is 0.161. The van der Waals surface area contributed by atoms with E-state index in [1.54, 1.807) is 0 Å². The highest BCUT2D eigenvalue weighted by Gasteiger charge is 2.22. The monoisotopic (exact) mass is 201 g/mol. The first kappa shape index (κ1) is 10.9. The molecule has 1 saturated carbocycles. The van der Waals surface area contributed by atoms with Crippen LogP contribution in [0, 0.1) is 5.92 Å². The van der Waals surface area contributed by atoms with E-state index < -0.39 is 0 Å². The van der Waals surface area contributed by atoms with Gasteiger partial charge in [-0.15, -0.1) is 0 Å². The summed E-state index contributed by atoms with van der Waals surface area (Å²) in [4.78, 5) is 11.3. The topological polar surface area (TPSA) is 29.1 Å². The lowest BCUT2D eigenvalue weighted by atomic mass is 9.86. The maximum atomic E-state index is 11.3. The molecule has 0 spiro atoms. The van der Waals surface area contributed by atoms with Gasteiger partial charge in [0.2, 0.25) is 5.91 Å². The molecule has 0 saturated heterocycles. The first-order chi connectivity index (χ1) is 6.24. The van der Waals surface area contributed by atoms with E-state index in [1.807, 2.05) is 0 Å². The van der Waals surface area contributed by atoms with Crippen molar-refractivity contribution >= 4 is 18.5 Å². The van der Waals surface area contributed by atoms with Gasteiger partial charge >= 0.3 is 0 Å². The normalized spacial score (nSPS) is 28.5. The maximum Gasteiger partial charge on any atom is 0.221 e. The van der Waals surface area contributed by atoms with Gasteiger partial charge in [-0.05, 0) is 24.5 Å². The van der Waals surface area contributed by atoms with Crippen LogP contribution < -0.4 is 5.32 Å². The van der Waals surface area contributed by atoms with Gasteiger partial charge < -0.3 is 5.32 Å². The summed E-state index contributed by atoms with van der Waals surface area (Å²) in [6.07, 6.45) is 5.54. The molecule has 1 fully saturated rings. The van der Waals surface area contributed by atoms with Crippen molar-refractivity contribution in [2.75, 3.05) is 5.75 Å². The van der Waals surface area contributed by atoms with Gasteiger partial charge in [-0.1, -0.05) is 19.8 Å². The summed E-state index contributed by atoms with van der Waals surface area (Å²) in [7, 11) is 0. The van der Waals surface area contributed by atoms with Gasteiger partial charge in [0, 0.05) is 12.5 Å². The van der Waals surface area contributed by atoms with Gasteiger partial charge in [-0.25, -0.2) is 0 Å². The quantitative estimate of drug-likeness (QED) is 0.672. The van der Waals surface area contributed by atoms with Gasteiger partial charge in [-0.3, -0.25) is 4.79 Å². The van der Waals surface area contributed by atoms with Crippen LogP contribution in [0.4, 0.5) is 0 Å². The van der Waals surface area contributed by atoms with Crippen LogP contribution in [0.5, 0.6) is 0 Å². The number of hydrogen-bond acceptors (Lipinski definition) is 2. The Morgan fingerprint density at radius 2 is 2.15 bits per heavy atom. The summed E-state index contributed by atoms with van der Waals surface area (Å²) >= 11 is 4.04. The number of carbonyl (C=O) groups is 1. The van der Waals surface area contributed by atoms with E-state index in [0.717, 1.165) is 6.42 Å². The van der Waals surface area contributed by atoms with Gasteiger partial charge in [0.25, 0.3) is 0 Å². The molecule has 2 atom stereocenters. The Balaban J connectivity index is 2.29. The van der Waals surface area contributed by atoms with E-state index in [0.29, 0.717) is 24.1 Å². The van der Waals surface area contributed by atoms with Crippen molar-refractivity contribution in [3.8, 4) is 0 Å². The van der Waals surface area contributed by atoms with Gasteiger partial charge in [0.1, 0.15) is 0 Å². The van der Waals surface area contributed by atoms with Crippen molar-refractivity contribution in [1.29, 1.82) is 0 Å². The van der Waals surface area contributed by atoms with Crippen LogP contribution in [-0.2, 0) is 4.79 Å². The molecule has 1 rings (SSSR count). The third-order valence-electron chi connectivity index (χ3n) is 2.80. The summed E-state index contributed by atoms with van der Waals surface area (Å²) in [6, 6.07) is 0.418. The number of nitrogens with one attached hydrogen (secondary N) is 1. The Bertz CT molecular complexity index is 172. The highest BCUT2D eigenvalue weighted by molar-refractivity contribution is 7.80. The highest BCUT2D eigenvalue weighted by atomic mass is 32.1. The maximum absolute atomic E-state index is 11.3. The van der Waals surface area contributed by atoms with Crippen LogP contribution in [0.15, 0.2) is 0 Å². The van der Waals surface area contributed by atoms with Crippen LogP contribution in [0.1, 0.15) is 39.0 Å². The second kappa shape index (κ2) is 5.53. The lowest BCUT2D eigenvalue weighted by Gasteiger charge is -2.29. The standard InChI is InChI=1S/C10H19NOS/c1-8-4-2-3-5-9(8)11-10(12)6-7-13/h8-9,13H,2-7H2,1H3,(H,11,12). The number of thiol groups is 1. The summed E-state index contributed by atoms with van der Waals surface area (Å²) < 4.78 is 0. The van der Waals surface area contributed by atoms with Crippen molar-refractivity contribution < 1.29 is 4.79 Å². The Kier molecular flexibility index (Phi) is 4.64. The molecule has 1 N–H and O–H groups in total. The van der Waals surface area contributed by atoms with Gasteiger partial charge in [0.15, 0.2) is 0 Å². The molecule has 0 radical (unpaired) electrons. The molecule has 1 amide bonds. The molecular formula is C10H19NOS. The van der Waals surface area contributed by atoms with E-state index in [1.165, 1.54) is 19.3 Å². The van der Waals surface area contributed by atoms with E-state index in [4.69, 9.17) is 0 Å². The molecule has 0 aromatic rings. The third-order valence-corrected chi connectivity index (χ3v) is 3.02. The predicted molar refractivity (Wildman–Crippen MR) is 58.0 cm³/mol. The Morgan fingerprint density at radius 3 is 2.77 bits per heavy atom. The van der Waals surface area contributed by atoms with Crippen molar-refractivity contribution in [3.05, 3.63) is 0 Å². The molecule has 0 aromatic heterocycles. The summed E-state index contributed by atoms with van der Waals surface area (Å²) in [5, 5.41) is 3.08. The van der Waals surface area contributed by atoms with Crippen molar-refractivity contribution in [2.45, 2.75) is 45.1 Å². The summed E-state index contributed by atoms with van der Waals surface area (Å²) in [6.45, 7) is 2.23. The molecule has 0 aromatic carbocycles. The molecule has 2 unspecified atom stereocenters. The molecule has 0 bridgehead atoms. The fraction of sp³-hybridized carbons (Fsp3) is 0.900. The minimum Gasteiger partial charge on any atom is -0.353 e. The van der Waals surface area contributed by atoms with Crippen LogP contribution in [0.25, 0.3) is 0 Å². The molecule has 0 heterocycles. The SMILES string of the molecule is CC1CCCCC1NC(=O)CCS. The molecule has 1 aliphatic rings. The largest absolute Gasteiger partial charge is 0.353 e. The van der Waals surface area contributed by atoms with Gasteiger partial charge in [-0.2, -0.15) is 12.6 Å². The fourth-order valence-electron chi connectivity index (χ4n) is 1.91. The van der Waals surface area contributed by atoms with Crippen LogP contribution in [0.3, 0.4) is 0 Å². The lowest BCUT2D eigenvalue weighted by Crippen LogP contribution is -2.41. The zero-order chi connectivity index (χ0) is 9.68.